The van der Waals surface area contributed by atoms with E-state index in [2.05, 4.69) is 27.2 Å². The number of furan rings is 1. The monoisotopic (exact) mass is 407 g/mol. The standard InChI is InChI=1S/C23H25N3O4/c27-23(22-15-17-3-1-2-4-21(17)30-22)24-19-6-5-18(25-7-11-28-12-8-25)16-20(19)26-9-13-29-14-10-26/h1-6,15-16H,7-14H2,(H,24,27). The lowest BCUT2D eigenvalue weighted by atomic mass is 10.1. The average Bonchev–Trinajstić information content (AvgIpc) is 3.25. The third kappa shape index (κ3) is 3.86. The number of rotatable bonds is 4. The lowest BCUT2D eigenvalue weighted by molar-refractivity contribution is 0.0998. The summed E-state index contributed by atoms with van der Waals surface area (Å²) in [6, 6.07) is 15.6. The Morgan fingerprint density at radius 3 is 2.27 bits per heavy atom. The van der Waals surface area contributed by atoms with Crippen LogP contribution in [0.2, 0.25) is 0 Å². The summed E-state index contributed by atoms with van der Waals surface area (Å²) in [5.41, 5.74) is 3.63. The van der Waals surface area contributed by atoms with E-state index < -0.39 is 0 Å². The third-order valence-corrected chi connectivity index (χ3v) is 5.61. The number of benzene rings is 2. The van der Waals surface area contributed by atoms with Crippen LogP contribution in [-0.4, -0.2) is 58.5 Å². The Bertz CT molecular complexity index is 1000. The predicted molar refractivity (Wildman–Crippen MR) is 117 cm³/mol. The zero-order valence-electron chi connectivity index (χ0n) is 16.8. The van der Waals surface area contributed by atoms with E-state index in [9.17, 15) is 4.79 Å². The molecular formula is C23H25N3O4. The first-order valence-corrected chi connectivity index (χ1v) is 10.4. The molecule has 1 N–H and O–H groups in total. The first-order valence-electron chi connectivity index (χ1n) is 10.4. The van der Waals surface area contributed by atoms with Crippen LogP contribution in [0.5, 0.6) is 0 Å². The summed E-state index contributed by atoms with van der Waals surface area (Å²) in [5.74, 6) is 0.0567. The van der Waals surface area contributed by atoms with E-state index in [1.54, 1.807) is 6.07 Å². The number of hydrogen-bond donors (Lipinski definition) is 1. The maximum Gasteiger partial charge on any atom is 0.291 e. The zero-order chi connectivity index (χ0) is 20.3. The van der Waals surface area contributed by atoms with Crippen molar-refractivity contribution in [2.24, 2.45) is 0 Å². The van der Waals surface area contributed by atoms with Crippen LogP contribution in [0.25, 0.3) is 11.0 Å². The topological polar surface area (TPSA) is 67.2 Å². The van der Waals surface area contributed by atoms with E-state index in [-0.39, 0.29) is 5.91 Å². The van der Waals surface area contributed by atoms with Crippen LogP contribution in [0.4, 0.5) is 17.1 Å². The highest BCUT2D eigenvalue weighted by atomic mass is 16.5. The number of nitrogens with zero attached hydrogens (tertiary/aromatic N) is 2. The minimum atomic E-state index is -0.250. The number of fused-ring (bicyclic) bond motifs is 1. The molecule has 0 aliphatic carbocycles. The second-order valence-electron chi connectivity index (χ2n) is 7.50. The molecule has 3 aromatic rings. The van der Waals surface area contributed by atoms with E-state index in [1.165, 1.54) is 0 Å². The maximum absolute atomic E-state index is 12.9. The van der Waals surface area contributed by atoms with Crippen molar-refractivity contribution in [2.75, 3.05) is 67.7 Å². The van der Waals surface area contributed by atoms with Crippen molar-refractivity contribution >= 4 is 33.9 Å². The molecule has 0 radical (unpaired) electrons. The molecule has 0 spiro atoms. The molecule has 2 aromatic carbocycles. The van der Waals surface area contributed by atoms with Gasteiger partial charge in [-0.15, -0.1) is 0 Å². The Balaban J connectivity index is 1.44. The molecule has 5 rings (SSSR count). The lowest BCUT2D eigenvalue weighted by Gasteiger charge is -2.33. The molecule has 0 atom stereocenters. The first-order chi connectivity index (χ1) is 14.8. The highest BCUT2D eigenvalue weighted by molar-refractivity contribution is 6.06. The van der Waals surface area contributed by atoms with Crippen molar-refractivity contribution in [1.82, 2.24) is 0 Å². The van der Waals surface area contributed by atoms with Crippen molar-refractivity contribution in [3.63, 3.8) is 0 Å². The van der Waals surface area contributed by atoms with E-state index in [1.807, 2.05) is 30.3 Å². The molecule has 3 heterocycles. The van der Waals surface area contributed by atoms with Crippen LogP contribution in [-0.2, 0) is 9.47 Å². The van der Waals surface area contributed by atoms with Gasteiger partial charge in [0.05, 0.1) is 37.8 Å². The van der Waals surface area contributed by atoms with Crippen molar-refractivity contribution in [1.29, 1.82) is 0 Å². The highest BCUT2D eigenvalue weighted by Gasteiger charge is 2.21. The fraction of sp³-hybridized carbons (Fsp3) is 0.348. The number of morpholine rings is 2. The Morgan fingerprint density at radius 1 is 0.833 bits per heavy atom. The molecular weight excluding hydrogens is 382 g/mol. The van der Waals surface area contributed by atoms with E-state index in [0.29, 0.717) is 24.6 Å². The summed E-state index contributed by atoms with van der Waals surface area (Å²) in [6.07, 6.45) is 0. The maximum atomic E-state index is 12.9. The average molecular weight is 407 g/mol. The summed E-state index contributed by atoms with van der Waals surface area (Å²) < 4.78 is 16.7. The number of anilines is 3. The van der Waals surface area contributed by atoms with Crippen LogP contribution < -0.4 is 15.1 Å². The second-order valence-corrected chi connectivity index (χ2v) is 7.50. The van der Waals surface area contributed by atoms with E-state index in [4.69, 9.17) is 13.9 Å². The van der Waals surface area contributed by atoms with E-state index >= 15 is 0 Å². The third-order valence-electron chi connectivity index (χ3n) is 5.61. The summed E-state index contributed by atoms with van der Waals surface area (Å²) in [7, 11) is 0. The van der Waals surface area contributed by atoms with Gasteiger partial charge >= 0.3 is 0 Å². The molecule has 30 heavy (non-hydrogen) atoms. The van der Waals surface area contributed by atoms with Crippen molar-refractivity contribution in [3.8, 4) is 0 Å². The second kappa shape index (κ2) is 8.38. The SMILES string of the molecule is O=C(Nc1ccc(N2CCOCC2)cc1N1CCOCC1)c1cc2ccccc2o1. The molecule has 1 aromatic heterocycles. The molecule has 0 unspecified atom stereocenters. The molecule has 2 fully saturated rings. The van der Waals surface area contributed by atoms with Gasteiger partial charge in [-0.05, 0) is 30.3 Å². The predicted octanol–water partition coefficient (Wildman–Crippen LogP) is 3.36. The number of para-hydroxylation sites is 1. The number of ether oxygens (including phenoxy) is 2. The van der Waals surface area contributed by atoms with Gasteiger partial charge in [0.1, 0.15) is 5.58 Å². The lowest BCUT2D eigenvalue weighted by Crippen LogP contribution is -2.38. The van der Waals surface area contributed by atoms with Gasteiger partial charge < -0.3 is 29.0 Å². The van der Waals surface area contributed by atoms with Gasteiger partial charge in [0.15, 0.2) is 5.76 Å². The van der Waals surface area contributed by atoms with Crippen LogP contribution >= 0.6 is 0 Å². The summed E-state index contributed by atoms with van der Waals surface area (Å²) in [4.78, 5) is 17.5. The van der Waals surface area contributed by atoms with Crippen molar-refractivity contribution in [3.05, 3.63) is 54.3 Å². The highest BCUT2D eigenvalue weighted by Crippen LogP contribution is 2.33. The molecule has 0 saturated carbocycles. The number of carbonyl (C=O) groups excluding carboxylic acids is 1. The van der Waals surface area contributed by atoms with Crippen LogP contribution in [0, 0.1) is 0 Å². The molecule has 1 amide bonds. The fourth-order valence-electron chi connectivity index (χ4n) is 3.99. The molecule has 7 nitrogen and oxygen atoms in total. The van der Waals surface area contributed by atoms with Gasteiger partial charge in [-0.3, -0.25) is 4.79 Å². The quantitative estimate of drug-likeness (QED) is 0.715. The summed E-state index contributed by atoms with van der Waals surface area (Å²) in [6.45, 7) is 6.15. The molecule has 2 saturated heterocycles. The number of hydrogen-bond acceptors (Lipinski definition) is 6. The Hall–Kier alpha value is -3.03. The van der Waals surface area contributed by atoms with Crippen molar-refractivity contribution in [2.45, 2.75) is 0 Å². The molecule has 2 aliphatic heterocycles. The van der Waals surface area contributed by atoms with Crippen LogP contribution in [0.15, 0.2) is 52.9 Å². The van der Waals surface area contributed by atoms with Gasteiger partial charge in [0, 0.05) is 37.3 Å². The molecule has 7 heteroatoms. The number of carbonyl (C=O) groups is 1. The minimum absolute atomic E-state index is 0.250. The molecule has 156 valence electrons. The fourth-order valence-corrected chi connectivity index (χ4v) is 3.99. The van der Waals surface area contributed by atoms with Gasteiger partial charge in [-0.2, -0.15) is 0 Å². The van der Waals surface area contributed by atoms with Gasteiger partial charge in [0.2, 0.25) is 0 Å². The van der Waals surface area contributed by atoms with Crippen LogP contribution in [0.3, 0.4) is 0 Å². The Morgan fingerprint density at radius 2 is 1.53 bits per heavy atom. The van der Waals surface area contributed by atoms with Gasteiger partial charge in [-0.25, -0.2) is 0 Å². The first kappa shape index (κ1) is 19.0. The van der Waals surface area contributed by atoms with Crippen molar-refractivity contribution < 1.29 is 18.7 Å². The normalized spacial score (nSPS) is 17.3. The molecule has 0 bridgehead atoms. The van der Waals surface area contributed by atoms with Crippen LogP contribution in [0.1, 0.15) is 10.6 Å². The van der Waals surface area contributed by atoms with Gasteiger partial charge in [0.25, 0.3) is 5.91 Å². The smallest absolute Gasteiger partial charge is 0.291 e. The van der Waals surface area contributed by atoms with Gasteiger partial charge in [-0.1, -0.05) is 18.2 Å². The minimum Gasteiger partial charge on any atom is -0.451 e. The van der Waals surface area contributed by atoms with E-state index in [0.717, 1.165) is 61.8 Å². The Kier molecular flexibility index (Phi) is 5.29. The summed E-state index contributed by atoms with van der Waals surface area (Å²) >= 11 is 0. The Labute approximate surface area is 175 Å². The number of amides is 1. The number of nitrogens with one attached hydrogen (secondary N) is 1. The zero-order valence-corrected chi connectivity index (χ0v) is 16.8. The largest absolute Gasteiger partial charge is 0.451 e. The summed E-state index contributed by atoms with van der Waals surface area (Å²) in [5, 5.41) is 3.97. The molecule has 2 aliphatic rings.